The fourth-order valence-electron chi connectivity index (χ4n) is 2.43. The number of alkyl halides is 3. The van der Waals surface area contributed by atoms with Crippen molar-refractivity contribution in [1.29, 1.82) is 0 Å². The van der Waals surface area contributed by atoms with Gasteiger partial charge in [0, 0.05) is 25.5 Å². The van der Waals surface area contributed by atoms with Gasteiger partial charge >= 0.3 is 12.2 Å². The maximum Gasteiger partial charge on any atom is 0.414 e. The molecule has 0 saturated heterocycles. The SMILES string of the molecule is Cc1n[nH]c(C)c1CCN(C)C(=O)N[C@H](c1ccccn1)C(F)(F)F. The Bertz CT molecular complexity index is 695. The number of H-pyrrole nitrogens is 1. The third kappa shape index (κ3) is 4.71. The number of hydrogen-bond donors (Lipinski definition) is 2. The van der Waals surface area contributed by atoms with E-state index in [1.807, 2.05) is 19.2 Å². The van der Waals surface area contributed by atoms with Crippen LogP contribution in [0.15, 0.2) is 24.4 Å². The Morgan fingerprint density at radius 2 is 2.08 bits per heavy atom. The highest BCUT2D eigenvalue weighted by atomic mass is 19.4. The van der Waals surface area contributed by atoms with Crippen LogP contribution in [-0.2, 0) is 6.42 Å². The van der Waals surface area contributed by atoms with Crippen LogP contribution in [0.1, 0.15) is 28.7 Å². The Kier molecular flexibility index (Phi) is 5.66. The largest absolute Gasteiger partial charge is 0.414 e. The average molecular weight is 355 g/mol. The van der Waals surface area contributed by atoms with Gasteiger partial charge in [0.25, 0.3) is 0 Å². The molecular weight excluding hydrogens is 335 g/mol. The van der Waals surface area contributed by atoms with Crippen molar-refractivity contribution in [3.63, 3.8) is 0 Å². The van der Waals surface area contributed by atoms with Gasteiger partial charge < -0.3 is 10.2 Å². The molecule has 0 radical (unpaired) electrons. The van der Waals surface area contributed by atoms with E-state index in [1.165, 1.54) is 36.3 Å². The molecule has 2 aromatic rings. The van der Waals surface area contributed by atoms with Gasteiger partial charge in [-0.15, -0.1) is 0 Å². The van der Waals surface area contributed by atoms with Crippen LogP contribution in [0.3, 0.4) is 0 Å². The Labute approximate surface area is 143 Å². The van der Waals surface area contributed by atoms with Gasteiger partial charge in [0.15, 0.2) is 6.04 Å². The zero-order valence-electron chi connectivity index (χ0n) is 14.2. The molecule has 0 spiro atoms. The molecule has 0 bridgehead atoms. The Balaban J connectivity index is 2.03. The molecule has 0 aliphatic heterocycles. The summed E-state index contributed by atoms with van der Waals surface area (Å²) in [5.41, 5.74) is 2.40. The molecular formula is C16H20F3N5O. The molecule has 1 atom stereocenters. The number of nitrogens with one attached hydrogen (secondary N) is 2. The van der Waals surface area contributed by atoms with Gasteiger partial charge in [0.1, 0.15) is 0 Å². The lowest BCUT2D eigenvalue weighted by Gasteiger charge is -2.25. The van der Waals surface area contributed by atoms with Crippen molar-refractivity contribution < 1.29 is 18.0 Å². The third-order valence-electron chi connectivity index (χ3n) is 3.90. The molecule has 0 unspecified atom stereocenters. The highest BCUT2D eigenvalue weighted by molar-refractivity contribution is 5.74. The van der Waals surface area contributed by atoms with Gasteiger partial charge in [0.05, 0.1) is 11.4 Å². The summed E-state index contributed by atoms with van der Waals surface area (Å²) in [5, 5.41) is 8.90. The van der Waals surface area contributed by atoms with Crippen LogP contribution in [0.2, 0.25) is 0 Å². The lowest BCUT2D eigenvalue weighted by Crippen LogP contribution is -2.45. The van der Waals surface area contributed by atoms with Crippen molar-refractivity contribution in [2.45, 2.75) is 32.5 Å². The smallest absolute Gasteiger partial charge is 0.328 e. The van der Waals surface area contributed by atoms with Crippen LogP contribution in [0.4, 0.5) is 18.0 Å². The van der Waals surface area contributed by atoms with Crippen molar-refractivity contribution in [3.05, 3.63) is 47.0 Å². The van der Waals surface area contributed by atoms with E-state index in [-0.39, 0.29) is 12.2 Å². The van der Waals surface area contributed by atoms with Gasteiger partial charge in [-0.1, -0.05) is 6.07 Å². The number of carbonyl (C=O) groups excluding carboxylic acids is 1. The van der Waals surface area contributed by atoms with Gasteiger partial charge in [-0.3, -0.25) is 10.1 Å². The zero-order valence-corrected chi connectivity index (χ0v) is 14.2. The molecule has 2 heterocycles. The van der Waals surface area contributed by atoms with Crippen LogP contribution in [-0.4, -0.2) is 45.9 Å². The average Bonchev–Trinajstić information content (AvgIpc) is 2.88. The lowest BCUT2D eigenvalue weighted by atomic mass is 10.1. The second-order valence-corrected chi connectivity index (χ2v) is 5.76. The molecule has 0 aromatic carbocycles. The highest BCUT2D eigenvalue weighted by Crippen LogP contribution is 2.31. The standard InChI is InChI=1S/C16H20F3N5O/c1-10-12(11(2)23-22-10)7-9-24(3)15(25)21-14(16(17,18)19)13-6-4-5-8-20-13/h4-6,8,14H,7,9H2,1-3H3,(H,21,25)(H,22,23)/t14-/m1/s1. The Morgan fingerprint density at radius 1 is 1.36 bits per heavy atom. The summed E-state index contributed by atoms with van der Waals surface area (Å²) < 4.78 is 39.8. The first-order chi connectivity index (χ1) is 11.7. The number of aryl methyl sites for hydroxylation is 2. The van der Waals surface area contributed by atoms with Crippen molar-refractivity contribution in [3.8, 4) is 0 Å². The van der Waals surface area contributed by atoms with Gasteiger partial charge in [-0.25, -0.2) is 4.79 Å². The lowest BCUT2D eigenvalue weighted by molar-refractivity contribution is -0.156. The summed E-state index contributed by atoms with van der Waals surface area (Å²) in [5.74, 6) is 0. The number of carbonyl (C=O) groups is 1. The van der Waals surface area contributed by atoms with Gasteiger partial charge in [0.2, 0.25) is 0 Å². The van der Waals surface area contributed by atoms with Crippen molar-refractivity contribution in [2.24, 2.45) is 0 Å². The van der Waals surface area contributed by atoms with E-state index >= 15 is 0 Å². The van der Waals surface area contributed by atoms with Crippen LogP contribution < -0.4 is 5.32 Å². The van der Waals surface area contributed by atoms with E-state index < -0.39 is 18.2 Å². The topological polar surface area (TPSA) is 73.9 Å². The van der Waals surface area contributed by atoms with E-state index in [4.69, 9.17) is 0 Å². The summed E-state index contributed by atoms with van der Waals surface area (Å²) in [7, 11) is 1.45. The first-order valence-electron chi connectivity index (χ1n) is 7.70. The predicted molar refractivity (Wildman–Crippen MR) is 86.0 cm³/mol. The Hall–Kier alpha value is -2.58. The monoisotopic (exact) mass is 355 g/mol. The summed E-state index contributed by atoms with van der Waals surface area (Å²) >= 11 is 0. The molecule has 2 amide bonds. The van der Waals surface area contributed by atoms with Crippen molar-refractivity contribution in [2.75, 3.05) is 13.6 Å². The molecule has 0 aliphatic rings. The molecule has 2 rings (SSSR count). The molecule has 0 saturated carbocycles. The van der Waals surface area contributed by atoms with E-state index in [2.05, 4.69) is 15.2 Å². The summed E-state index contributed by atoms with van der Waals surface area (Å²) in [6.45, 7) is 3.95. The van der Waals surface area contributed by atoms with E-state index in [1.54, 1.807) is 0 Å². The second kappa shape index (κ2) is 7.54. The third-order valence-corrected chi connectivity index (χ3v) is 3.90. The Morgan fingerprint density at radius 3 is 2.60 bits per heavy atom. The van der Waals surface area contributed by atoms with Crippen LogP contribution >= 0.6 is 0 Å². The number of halogens is 3. The summed E-state index contributed by atoms with van der Waals surface area (Å²) in [6.07, 6.45) is -2.88. The molecule has 6 nitrogen and oxygen atoms in total. The minimum absolute atomic E-state index is 0.252. The maximum atomic E-state index is 13.3. The summed E-state index contributed by atoms with van der Waals surface area (Å²) in [4.78, 5) is 17.1. The number of pyridine rings is 1. The zero-order chi connectivity index (χ0) is 18.6. The maximum absolute atomic E-state index is 13.3. The van der Waals surface area contributed by atoms with Crippen molar-refractivity contribution >= 4 is 6.03 Å². The second-order valence-electron chi connectivity index (χ2n) is 5.76. The first kappa shape index (κ1) is 18.8. The van der Waals surface area contributed by atoms with Gasteiger partial charge in [-0.05, 0) is 38.0 Å². The first-order valence-corrected chi connectivity index (χ1v) is 7.70. The van der Waals surface area contributed by atoms with Crippen LogP contribution in [0.25, 0.3) is 0 Å². The fraction of sp³-hybridized carbons (Fsp3) is 0.438. The number of hydrogen-bond acceptors (Lipinski definition) is 3. The number of nitrogens with zero attached hydrogens (tertiary/aromatic N) is 3. The molecule has 0 aliphatic carbocycles. The number of aromatic nitrogens is 3. The normalized spacial score (nSPS) is 12.7. The van der Waals surface area contributed by atoms with E-state index in [0.29, 0.717) is 6.42 Å². The predicted octanol–water partition coefficient (Wildman–Crippen LogP) is 2.91. The molecule has 25 heavy (non-hydrogen) atoms. The van der Waals surface area contributed by atoms with Crippen LogP contribution in [0, 0.1) is 13.8 Å². The summed E-state index contributed by atoms with van der Waals surface area (Å²) in [6, 6.07) is 1.23. The molecule has 136 valence electrons. The van der Waals surface area contributed by atoms with Gasteiger partial charge in [-0.2, -0.15) is 18.3 Å². The fourth-order valence-corrected chi connectivity index (χ4v) is 2.43. The highest BCUT2D eigenvalue weighted by Gasteiger charge is 2.43. The number of urea groups is 1. The van der Waals surface area contributed by atoms with Crippen molar-refractivity contribution in [1.82, 2.24) is 25.4 Å². The van der Waals surface area contributed by atoms with E-state index in [0.717, 1.165) is 17.0 Å². The number of amides is 2. The number of rotatable bonds is 5. The number of aromatic amines is 1. The van der Waals surface area contributed by atoms with Crippen LogP contribution in [0.5, 0.6) is 0 Å². The molecule has 9 heteroatoms. The molecule has 2 N–H and O–H groups in total. The quantitative estimate of drug-likeness (QED) is 0.866. The number of likely N-dealkylation sites (N-methyl/N-ethyl adjacent to an activating group) is 1. The molecule has 0 fully saturated rings. The molecule has 2 aromatic heterocycles. The minimum Gasteiger partial charge on any atom is -0.328 e. The minimum atomic E-state index is -4.64. The van der Waals surface area contributed by atoms with E-state index in [9.17, 15) is 18.0 Å².